The Bertz CT molecular complexity index is 453. The molecule has 0 saturated heterocycles. The highest BCUT2D eigenvalue weighted by atomic mass is 32.2. The zero-order valence-electron chi connectivity index (χ0n) is 12.5. The second-order valence-corrected chi connectivity index (χ2v) is 7.06. The van der Waals surface area contributed by atoms with Gasteiger partial charge in [-0.1, -0.05) is 0 Å². The molecule has 7 nitrogen and oxygen atoms in total. The lowest BCUT2D eigenvalue weighted by Gasteiger charge is -2.27. The van der Waals surface area contributed by atoms with Gasteiger partial charge in [0.2, 0.25) is 10.0 Å². The molecule has 1 aliphatic carbocycles. The molecule has 0 heterocycles. The molecule has 8 heteroatoms. The summed E-state index contributed by atoms with van der Waals surface area (Å²) in [5.74, 6) is -0.868. The summed E-state index contributed by atoms with van der Waals surface area (Å²) in [6, 6.07) is -0.144. The minimum atomic E-state index is -3.40. The van der Waals surface area contributed by atoms with Crippen LogP contribution in [0.15, 0.2) is 0 Å². The summed E-state index contributed by atoms with van der Waals surface area (Å²) in [6.07, 6.45) is 2.82. The second kappa shape index (κ2) is 8.33. The van der Waals surface area contributed by atoms with Crippen molar-refractivity contribution in [2.45, 2.75) is 44.6 Å². The predicted molar refractivity (Wildman–Crippen MR) is 75.9 cm³/mol. The van der Waals surface area contributed by atoms with Crippen molar-refractivity contribution in [3.05, 3.63) is 0 Å². The third-order valence-electron chi connectivity index (χ3n) is 3.63. The van der Waals surface area contributed by atoms with Crippen molar-refractivity contribution >= 4 is 22.0 Å². The van der Waals surface area contributed by atoms with Gasteiger partial charge in [0.1, 0.15) is 0 Å². The van der Waals surface area contributed by atoms with E-state index in [9.17, 15) is 18.0 Å². The lowest BCUT2D eigenvalue weighted by atomic mass is 9.86. The number of carbonyl (C=O) groups is 2. The molecule has 1 rings (SSSR count). The Morgan fingerprint density at radius 2 is 1.71 bits per heavy atom. The molecule has 0 aliphatic heterocycles. The molecule has 0 aromatic rings. The molecule has 1 N–H and O–H groups in total. The third kappa shape index (κ3) is 6.43. The first-order chi connectivity index (χ1) is 9.88. The highest BCUT2D eigenvalue weighted by Gasteiger charge is 2.28. The molecule has 0 amide bonds. The predicted octanol–water partition coefficient (Wildman–Crippen LogP) is 0.591. The molecule has 1 saturated carbocycles. The molecule has 0 radical (unpaired) electrons. The first-order valence-corrected chi connectivity index (χ1v) is 8.68. The quantitative estimate of drug-likeness (QED) is 0.689. The first kappa shape index (κ1) is 17.9. The van der Waals surface area contributed by atoms with Gasteiger partial charge in [-0.2, -0.15) is 0 Å². The highest BCUT2D eigenvalue weighted by molar-refractivity contribution is 7.89. The lowest BCUT2D eigenvalue weighted by molar-refractivity contribution is -0.146. The van der Waals surface area contributed by atoms with E-state index < -0.39 is 16.0 Å². The number of ether oxygens (including phenoxy) is 2. The SMILES string of the molecule is COC(=O)CCCS(=O)(=O)NC1CCC(C(=O)OC)CC1. The Kier molecular flexibility index (Phi) is 7.10. The average molecular weight is 321 g/mol. The van der Waals surface area contributed by atoms with Gasteiger partial charge in [-0.15, -0.1) is 0 Å². The molecule has 1 aliphatic rings. The van der Waals surface area contributed by atoms with Crippen LogP contribution in [0.4, 0.5) is 0 Å². The van der Waals surface area contributed by atoms with Gasteiger partial charge in [0, 0.05) is 12.5 Å². The van der Waals surface area contributed by atoms with Crippen molar-refractivity contribution in [2.24, 2.45) is 5.92 Å². The fraction of sp³-hybridized carbons (Fsp3) is 0.846. The zero-order chi connectivity index (χ0) is 15.9. The molecule has 21 heavy (non-hydrogen) atoms. The normalized spacial score (nSPS) is 22.6. The topological polar surface area (TPSA) is 98.8 Å². The smallest absolute Gasteiger partial charge is 0.308 e. The van der Waals surface area contributed by atoms with E-state index in [1.807, 2.05) is 0 Å². The Hall–Kier alpha value is -1.15. The van der Waals surface area contributed by atoms with Crippen molar-refractivity contribution in [3.8, 4) is 0 Å². The third-order valence-corrected chi connectivity index (χ3v) is 5.15. The zero-order valence-corrected chi connectivity index (χ0v) is 13.3. The van der Waals surface area contributed by atoms with E-state index in [-0.39, 0.29) is 36.5 Å². The van der Waals surface area contributed by atoms with Crippen molar-refractivity contribution in [2.75, 3.05) is 20.0 Å². The largest absolute Gasteiger partial charge is 0.469 e. The van der Waals surface area contributed by atoms with Crippen LogP contribution in [0.1, 0.15) is 38.5 Å². The molecule has 0 aromatic heterocycles. The standard InChI is InChI=1S/C13H23NO6S/c1-19-12(15)4-3-9-21(17,18)14-11-7-5-10(6-8-11)13(16)20-2/h10-11,14H,3-9H2,1-2H3. The number of rotatable bonds is 7. The van der Waals surface area contributed by atoms with Crippen LogP contribution in [0.2, 0.25) is 0 Å². The summed E-state index contributed by atoms with van der Waals surface area (Å²) in [4.78, 5) is 22.3. The fourth-order valence-electron chi connectivity index (χ4n) is 2.44. The van der Waals surface area contributed by atoms with Crippen LogP contribution in [0, 0.1) is 5.92 Å². The van der Waals surface area contributed by atoms with Crippen LogP contribution in [-0.2, 0) is 29.1 Å². The monoisotopic (exact) mass is 321 g/mol. The van der Waals surface area contributed by atoms with E-state index in [1.165, 1.54) is 14.2 Å². The van der Waals surface area contributed by atoms with Gasteiger partial charge in [0.05, 0.1) is 25.9 Å². The average Bonchev–Trinajstić information content (AvgIpc) is 2.46. The van der Waals surface area contributed by atoms with E-state index in [2.05, 4.69) is 9.46 Å². The number of nitrogens with one attached hydrogen (secondary N) is 1. The van der Waals surface area contributed by atoms with Crippen molar-refractivity contribution in [3.63, 3.8) is 0 Å². The summed E-state index contributed by atoms with van der Waals surface area (Å²) >= 11 is 0. The molecule has 1 fully saturated rings. The first-order valence-electron chi connectivity index (χ1n) is 7.02. The summed E-state index contributed by atoms with van der Waals surface area (Å²) < 4.78 is 35.6. The maximum Gasteiger partial charge on any atom is 0.308 e. The molecule has 0 bridgehead atoms. The van der Waals surface area contributed by atoms with Crippen molar-refractivity contribution < 1.29 is 27.5 Å². The fourth-order valence-corrected chi connectivity index (χ4v) is 3.82. The van der Waals surface area contributed by atoms with Gasteiger partial charge in [-0.3, -0.25) is 9.59 Å². The van der Waals surface area contributed by atoms with Crippen LogP contribution in [0.25, 0.3) is 0 Å². The van der Waals surface area contributed by atoms with Crippen molar-refractivity contribution in [1.82, 2.24) is 4.72 Å². The Morgan fingerprint density at radius 3 is 2.24 bits per heavy atom. The van der Waals surface area contributed by atoms with Gasteiger partial charge < -0.3 is 9.47 Å². The molecule has 0 aromatic carbocycles. The molecule has 0 atom stereocenters. The van der Waals surface area contributed by atoms with E-state index >= 15 is 0 Å². The van der Waals surface area contributed by atoms with Crippen LogP contribution in [0.5, 0.6) is 0 Å². The lowest BCUT2D eigenvalue weighted by Crippen LogP contribution is -2.40. The molecular weight excluding hydrogens is 298 g/mol. The molecular formula is C13H23NO6S. The number of methoxy groups -OCH3 is 2. The minimum Gasteiger partial charge on any atom is -0.469 e. The van der Waals surface area contributed by atoms with E-state index in [0.717, 1.165) is 0 Å². The van der Waals surface area contributed by atoms with Crippen LogP contribution < -0.4 is 4.72 Å². The molecule has 0 spiro atoms. The summed E-state index contributed by atoms with van der Waals surface area (Å²) in [7, 11) is -0.770. The maximum absolute atomic E-state index is 11.9. The Morgan fingerprint density at radius 1 is 1.10 bits per heavy atom. The number of hydrogen-bond acceptors (Lipinski definition) is 6. The number of sulfonamides is 1. The Labute approximate surface area is 125 Å². The van der Waals surface area contributed by atoms with Gasteiger partial charge in [0.25, 0.3) is 0 Å². The minimum absolute atomic E-state index is 0.0898. The van der Waals surface area contributed by atoms with E-state index in [1.54, 1.807) is 0 Å². The Balaban J connectivity index is 2.33. The summed E-state index contributed by atoms with van der Waals surface area (Å²) in [5, 5.41) is 0. The second-order valence-electron chi connectivity index (χ2n) is 5.19. The number of carbonyl (C=O) groups excluding carboxylic acids is 2. The van der Waals surface area contributed by atoms with Crippen molar-refractivity contribution in [1.29, 1.82) is 0 Å². The molecule has 122 valence electrons. The van der Waals surface area contributed by atoms with Gasteiger partial charge >= 0.3 is 11.9 Å². The highest BCUT2D eigenvalue weighted by Crippen LogP contribution is 2.25. The number of esters is 2. The molecule has 0 unspecified atom stereocenters. The summed E-state index contributed by atoms with van der Waals surface area (Å²) in [6.45, 7) is 0. The van der Waals surface area contributed by atoms with E-state index in [4.69, 9.17) is 4.74 Å². The van der Waals surface area contributed by atoms with Crippen LogP contribution in [0.3, 0.4) is 0 Å². The van der Waals surface area contributed by atoms with Crippen LogP contribution in [-0.4, -0.2) is 46.4 Å². The summed E-state index contributed by atoms with van der Waals surface area (Å²) in [5.41, 5.74) is 0. The van der Waals surface area contributed by atoms with Crippen LogP contribution >= 0.6 is 0 Å². The van der Waals surface area contributed by atoms with E-state index in [0.29, 0.717) is 25.7 Å². The number of hydrogen-bond donors (Lipinski definition) is 1. The van der Waals surface area contributed by atoms with Gasteiger partial charge in [-0.25, -0.2) is 13.1 Å². The maximum atomic E-state index is 11.9. The van der Waals surface area contributed by atoms with Gasteiger partial charge in [-0.05, 0) is 32.1 Å². The van der Waals surface area contributed by atoms with Gasteiger partial charge in [0.15, 0.2) is 0 Å².